The minimum atomic E-state index is -2.14. The molecule has 156 valence electrons. The maximum atomic E-state index is 12.7. The Kier molecular flexibility index (Phi) is 6.60. The van der Waals surface area contributed by atoms with Crippen LogP contribution in [0.25, 0.3) is 0 Å². The van der Waals surface area contributed by atoms with Gasteiger partial charge < -0.3 is 14.5 Å². The van der Waals surface area contributed by atoms with Crippen LogP contribution >= 0.6 is 23.4 Å². The second-order valence-electron chi connectivity index (χ2n) is 7.64. The number of ether oxygens (including phenoxy) is 1. The standard InChI is InChI=1S/C19H23ClN2O5SSi/c1-29(2,3)27-19(25)16-12(9-20)11-28-18-15(17(24)22(16)18)21-14(23)10-26-13-7-5-4-6-8-13/h4-8,15,18H,9-11H2,1-3H3,(H,21,23)/t15?,18-/m0/s1. The van der Waals surface area contributed by atoms with Crippen molar-refractivity contribution in [2.45, 2.75) is 31.1 Å². The van der Waals surface area contributed by atoms with E-state index in [9.17, 15) is 14.4 Å². The normalized spacial score (nSPS) is 21.2. The monoisotopic (exact) mass is 454 g/mol. The number of nitrogens with one attached hydrogen (secondary N) is 1. The van der Waals surface area contributed by atoms with E-state index < -0.39 is 26.2 Å². The van der Waals surface area contributed by atoms with Gasteiger partial charge in [-0.15, -0.1) is 23.4 Å². The number of benzene rings is 1. The van der Waals surface area contributed by atoms with Crippen LogP contribution in [0.2, 0.25) is 19.6 Å². The number of carbonyl (C=O) groups excluding carboxylic acids is 3. The molecule has 0 spiro atoms. The van der Waals surface area contributed by atoms with Gasteiger partial charge in [0, 0.05) is 11.6 Å². The average Bonchev–Trinajstić information content (AvgIpc) is 2.68. The Hall–Kier alpha value is -1.97. The van der Waals surface area contributed by atoms with E-state index >= 15 is 0 Å². The van der Waals surface area contributed by atoms with E-state index in [0.717, 1.165) is 0 Å². The molecule has 0 aliphatic carbocycles. The molecule has 2 aliphatic heterocycles. The number of hydrogen-bond donors (Lipinski definition) is 1. The molecule has 1 aromatic carbocycles. The summed E-state index contributed by atoms with van der Waals surface area (Å²) in [5.41, 5.74) is 0.893. The van der Waals surface area contributed by atoms with Crippen molar-refractivity contribution in [1.82, 2.24) is 10.2 Å². The molecular weight excluding hydrogens is 432 g/mol. The molecule has 1 saturated heterocycles. The van der Waals surface area contributed by atoms with Crippen LogP contribution in [-0.2, 0) is 18.8 Å². The van der Waals surface area contributed by atoms with Gasteiger partial charge in [0.15, 0.2) is 6.61 Å². The third-order valence-electron chi connectivity index (χ3n) is 4.23. The first kappa shape index (κ1) is 21.7. The number of thioether (sulfide) groups is 1. The fourth-order valence-electron chi connectivity index (χ4n) is 2.98. The Morgan fingerprint density at radius 2 is 1.97 bits per heavy atom. The summed E-state index contributed by atoms with van der Waals surface area (Å²) >= 11 is 7.47. The highest BCUT2D eigenvalue weighted by Crippen LogP contribution is 2.41. The SMILES string of the molecule is C[Si](C)(C)OC(=O)C1=C(CCl)CS[C@H]2C(NC(=O)COc3ccccc3)C(=O)N12. The van der Waals surface area contributed by atoms with Crippen molar-refractivity contribution in [3.05, 3.63) is 41.6 Å². The van der Waals surface area contributed by atoms with Crippen molar-refractivity contribution in [3.63, 3.8) is 0 Å². The summed E-state index contributed by atoms with van der Waals surface area (Å²) in [5.74, 6) is -0.0492. The number of carbonyl (C=O) groups is 3. The molecule has 2 atom stereocenters. The number of fused-ring (bicyclic) bond motifs is 1. The maximum absolute atomic E-state index is 12.7. The number of nitrogens with zero attached hydrogens (tertiary/aromatic N) is 1. The molecule has 0 saturated carbocycles. The topological polar surface area (TPSA) is 84.9 Å². The Bertz CT molecular complexity index is 843. The molecule has 0 aromatic heterocycles. The Morgan fingerprint density at radius 1 is 1.28 bits per heavy atom. The second kappa shape index (κ2) is 8.81. The van der Waals surface area contributed by atoms with Gasteiger partial charge in [-0.1, -0.05) is 18.2 Å². The smallest absolute Gasteiger partial charge is 0.341 e. The van der Waals surface area contributed by atoms with Gasteiger partial charge in [0.05, 0.1) is 0 Å². The molecule has 1 N–H and O–H groups in total. The predicted molar refractivity (Wildman–Crippen MR) is 114 cm³/mol. The lowest BCUT2D eigenvalue weighted by atomic mass is 10.0. The summed E-state index contributed by atoms with van der Waals surface area (Å²) in [6, 6.07) is 8.24. The minimum absolute atomic E-state index is 0.140. The Labute approximate surface area is 179 Å². The van der Waals surface area contributed by atoms with Crippen LogP contribution < -0.4 is 10.1 Å². The summed E-state index contributed by atoms with van der Waals surface area (Å²) in [4.78, 5) is 39.1. The van der Waals surface area contributed by atoms with Gasteiger partial charge >= 0.3 is 5.97 Å². The zero-order valence-corrected chi connectivity index (χ0v) is 19.0. The number of amides is 2. The molecule has 3 rings (SSSR count). The summed E-state index contributed by atoms with van der Waals surface area (Å²) < 4.78 is 11.0. The van der Waals surface area contributed by atoms with E-state index in [-0.39, 0.29) is 29.5 Å². The summed E-state index contributed by atoms with van der Waals surface area (Å²) in [5, 5.41) is 2.34. The second-order valence-corrected chi connectivity index (χ2v) is 13.4. The molecule has 2 heterocycles. The van der Waals surface area contributed by atoms with Crippen molar-refractivity contribution >= 4 is 49.5 Å². The molecule has 1 unspecified atom stereocenters. The zero-order valence-electron chi connectivity index (χ0n) is 16.4. The highest BCUT2D eigenvalue weighted by molar-refractivity contribution is 8.00. The highest BCUT2D eigenvalue weighted by atomic mass is 35.5. The quantitative estimate of drug-likeness (QED) is 0.386. The first-order valence-electron chi connectivity index (χ1n) is 9.14. The first-order chi connectivity index (χ1) is 13.7. The molecule has 7 nitrogen and oxygen atoms in total. The molecule has 0 bridgehead atoms. The number of para-hydroxylation sites is 1. The third-order valence-corrected chi connectivity index (χ3v) is 6.69. The van der Waals surface area contributed by atoms with Crippen LogP contribution in [-0.4, -0.2) is 60.7 Å². The predicted octanol–water partition coefficient (Wildman–Crippen LogP) is 2.34. The van der Waals surface area contributed by atoms with Crippen LogP contribution in [0.3, 0.4) is 0 Å². The van der Waals surface area contributed by atoms with E-state index in [1.54, 1.807) is 24.3 Å². The number of rotatable bonds is 7. The zero-order chi connectivity index (χ0) is 21.2. The largest absolute Gasteiger partial charge is 0.515 e. The van der Waals surface area contributed by atoms with Gasteiger partial charge in [-0.25, -0.2) is 4.79 Å². The van der Waals surface area contributed by atoms with Gasteiger partial charge in [0.25, 0.3) is 11.8 Å². The molecule has 10 heteroatoms. The minimum Gasteiger partial charge on any atom is -0.515 e. The van der Waals surface area contributed by atoms with E-state index in [4.69, 9.17) is 20.8 Å². The van der Waals surface area contributed by atoms with Gasteiger partial charge in [-0.3, -0.25) is 14.5 Å². The van der Waals surface area contributed by atoms with Crippen LogP contribution in [0.5, 0.6) is 5.75 Å². The van der Waals surface area contributed by atoms with E-state index in [0.29, 0.717) is 17.1 Å². The Morgan fingerprint density at radius 3 is 2.59 bits per heavy atom. The number of β-lactam (4-membered cyclic amide) rings is 1. The van der Waals surface area contributed by atoms with Crippen LogP contribution in [0.4, 0.5) is 0 Å². The van der Waals surface area contributed by atoms with Gasteiger partial charge in [-0.2, -0.15) is 0 Å². The van der Waals surface area contributed by atoms with Gasteiger partial charge in [-0.05, 0) is 37.3 Å². The van der Waals surface area contributed by atoms with E-state index in [1.807, 2.05) is 25.7 Å². The molecular formula is C19H23ClN2O5SSi. The molecule has 0 radical (unpaired) electrons. The Balaban J connectivity index is 1.65. The van der Waals surface area contributed by atoms with Crippen molar-refractivity contribution in [1.29, 1.82) is 0 Å². The average molecular weight is 455 g/mol. The first-order valence-corrected chi connectivity index (χ1v) is 14.1. The lowest BCUT2D eigenvalue weighted by Crippen LogP contribution is -2.71. The lowest BCUT2D eigenvalue weighted by molar-refractivity contribution is -0.150. The number of halogens is 1. The van der Waals surface area contributed by atoms with E-state index in [1.165, 1.54) is 16.7 Å². The van der Waals surface area contributed by atoms with Crippen LogP contribution in [0, 0.1) is 0 Å². The molecule has 1 fully saturated rings. The van der Waals surface area contributed by atoms with Crippen molar-refractivity contribution < 1.29 is 23.5 Å². The fraction of sp³-hybridized carbons (Fsp3) is 0.421. The lowest BCUT2D eigenvalue weighted by Gasteiger charge is -2.49. The summed E-state index contributed by atoms with van der Waals surface area (Å²) in [6.07, 6.45) is 0. The maximum Gasteiger partial charge on any atom is 0.341 e. The summed E-state index contributed by atoms with van der Waals surface area (Å²) in [6.45, 7) is 5.50. The molecule has 1 aromatic rings. The van der Waals surface area contributed by atoms with Crippen molar-refractivity contribution in [2.75, 3.05) is 18.2 Å². The van der Waals surface area contributed by atoms with Crippen LogP contribution in [0.15, 0.2) is 41.6 Å². The third kappa shape index (κ3) is 4.96. The molecule has 29 heavy (non-hydrogen) atoms. The molecule has 2 amide bonds. The summed E-state index contributed by atoms with van der Waals surface area (Å²) in [7, 11) is -2.14. The number of hydrogen-bond acceptors (Lipinski definition) is 6. The van der Waals surface area contributed by atoms with Gasteiger partial charge in [0.1, 0.15) is 22.9 Å². The van der Waals surface area contributed by atoms with Crippen molar-refractivity contribution in [2.24, 2.45) is 0 Å². The van der Waals surface area contributed by atoms with Crippen LogP contribution in [0.1, 0.15) is 0 Å². The van der Waals surface area contributed by atoms with Gasteiger partial charge in [0.2, 0.25) is 8.32 Å². The highest BCUT2D eigenvalue weighted by Gasteiger charge is 2.54. The number of alkyl halides is 1. The fourth-order valence-corrected chi connectivity index (χ4v) is 5.31. The van der Waals surface area contributed by atoms with E-state index in [2.05, 4.69) is 5.32 Å². The van der Waals surface area contributed by atoms with Crippen molar-refractivity contribution in [3.8, 4) is 5.75 Å². The molecule has 2 aliphatic rings.